The van der Waals surface area contributed by atoms with Gasteiger partial charge in [-0.25, -0.2) is 0 Å². The second-order valence-corrected chi connectivity index (χ2v) is 7.69. The molecular formula is C28H24O2. The summed E-state index contributed by atoms with van der Waals surface area (Å²) in [5.41, 5.74) is 2.42. The van der Waals surface area contributed by atoms with E-state index in [-0.39, 0.29) is 29.8 Å². The van der Waals surface area contributed by atoms with E-state index in [1.807, 2.05) is 85.8 Å². The molecule has 30 heavy (non-hydrogen) atoms. The molecule has 0 amide bonds. The summed E-state index contributed by atoms with van der Waals surface area (Å²) >= 11 is 0. The summed E-state index contributed by atoms with van der Waals surface area (Å²) in [6.07, 6.45) is 0.289. The molecule has 2 nitrogen and oxygen atoms in total. The van der Waals surface area contributed by atoms with E-state index >= 15 is 0 Å². The fourth-order valence-corrected chi connectivity index (χ4v) is 4.12. The average Bonchev–Trinajstić information content (AvgIpc) is 2.82. The minimum Gasteiger partial charge on any atom is -0.294 e. The van der Waals surface area contributed by atoms with Crippen molar-refractivity contribution in [2.75, 3.05) is 0 Å². The predicted octanol–water partition coefficient (Wildman–Crippen LogP) is 6.72. The van der Waals surface area contributed by atoms with Crippen LogP contribution in [0.2, 0.25) is 0 Å². The Morgan fingerprint density at radius 1 is 0.667 bits per heavy atom. The molecule has 2 heteroatoms. The minimum atomic E-state index is -0.328. The quantitative estimate of drug-likeness (QED) is 0.327. The maximum atomic E-state index is 13.3. The molecule has 148 valence electrons. The first kappa shape index (κ1) is 19.8. The number of carbonyl (C=O) groups excluding carboxylic acids is 2. The van der Waals surface area contributed by atoms with Crippen LogP contribution in [0.3, 0.4) is 0 Å². The summed E-state index contributed by atoms with van der Waals surface area (Å²) < 4.78 is 0. The standard InChI is InChI=1S/C28H24O2/c1-20(28(30)23-14-6-3-7-15-23)26(19-27(29)22-12-4-2-5-13-22)25-18-10-16-21-11-8-9-17-24(21)25/h2-18,20,26H,19H2,1H3/t20-,26-/m1/s1. The fourth-order valence-electron chi connectivity index (χ4n) is 4.12. The summed E-state index contributed by atoms with van der Waals surface area (Å²) in [6, 6.07) is 33.0. The van der Waals surface area contributed by atoms with Crippen LogP contribution in [0, 0.1) is 5.92 Å². The Morgan fingerprint density at radius 2 is 1.23 bits per heavy atom. The van der Waals surface area contributed by atoms with Gasteiger partial charge in [-0.3, -0.25) is 9.59 Å². The Bertz CT molecular complexity index is 1160. The van der Waals surface area contributed by atoms with Gasteiger partial charge < -0.3 is 0 Å². The molecule has 0 unspecified atom stereocenters. The van der Waals surface area contributed by atoms with Crippen LogP contribution in [0.5, 0.6) is 0 Å². The van der Waals surface area contributed by atoms with E-state index in [1.54, 1.807) is 0 Å². The normalized spacial score (nSPS) is 13.0. The molecule has 2 atom stereocenters. The van der Waals surface area contributed by atoms with Crippen LogP contribution in [0.25, 0.3) is 10.8 Å². The highest BCUT2D eigenvalue weighted by Crippen LogP contribution is 2.36. The second kappa shape index (κ2) is 8.87. The van der Waals surface area contributed by atoms with E-state index in [0.717, 1.165) is 16.3 Å². The van der Waals surface area contributed by atoms with Crippen molar-refractivity contribution in [2.24, 2.45) is 5.92 Å². The molecular weight excluding hydrogens is 368 g/mol. The lowest BCUT2D eigenvalue weighted by molar-refractivity contribution is 0.0888. The number of hydrogen-bond acceptors (Lipinski definition) is 2. The molecule has 0 heterocycles. The largest absolute Gasteiger partial charge is 0.294 e. The molecule has 4 rings (SSSR count). The van der Waals surface area contributed by atoms with Crippen molar-refractivity contribution in [1.82, 2.24) is 0 Å². The van der Waals surface area contributed by atoms with E-state index < -0.39 is 0 Å². The van der Waals surface area contributed by atoms with E-state index in [9.17, 15) is 9.59 Å². The molecule has 0 aliphatic rings. The van der Waals surface area contributed by atoms with Gasteiger partial charge in [0, 0.05) is 29.4 Å². The van der Waals surface area contributed by atoms with Crippen molar-refractivity contribution in [3.8, 4) is 0 Å². The van der Waals surface area contributed by atoms with Crippen molar-refractivity contribution < 1.29 is 9.59 Å². The van der Waals surface area contributed by atoms with Crippen LogP contribution in [0.4, 0.5) is 0 Å². The van der Waals surface area contributed by atoms with Crippen molar-refractivity contribution in [1.29, 1.82) is 0 Å². The highest BCUT2D eigenvalue weighted by Gasteiger charge is 2.29. The van der Waals surface area contributed by atoms with E-state index in [1.165, 1.54) is 0 Å². The molecule has 4 aromatic rings. The van der Waals surface area contributed by atoms with E-state index in [4.69, 9.17) is 0 Å². The van der Waals surface area contributed by atoms with Crippen LogP contribution in [0.1, 0.15) is 45.5 Å². The summed E-state index contributed by atoms with van der Waals surface area (Å²) in [6.45, 7) is 1.94. The Kier molecular flexibility index (Phi) is 5.85. The van der Waals surface area contributed by atoms with Gasteiger partial charge in [-0.05, 0) is 16.3 Å². The van der Waals surface area contributed by atoms with Gasteiger partial charge in [-0.2, -0.15) is 0 Å². The molecule has 0 radical (unpaired) electrons. The predicted molar refractivity (Wildman–Crippen MR) is 122 cm³/mol. The number of rotatable bonds is 7. The molecule has 4 aromatic carbocycles. The van der Waals surface area contributed by atoms with Crippen molar-refractivity contribution in [2.45, 2.75) is 19.3 Å². The van der Waals surface area contributed by atoms with Gasteiger partial charge in [0.15, 0.2) is 11.6 Å². The molecule has 0 saturated carbocycles. The van der Waals surface area contributed by atoms with Crippen LogP contribution < -0.4 is 0 Å². The van der Waals surface area contributed by atoms with Gasteiger partial charge in [0.25, 0.3) is 0 Å². The number of carbonyl (C=O) groups is 2. The lowest BCUT2D eigenvalue weighted by Crippen LogP contribution is -2.22. The second-order valence-electron chi connectivity index (χ2n) is 7.69. The number of Topliss-reactive ketones (excluding diaryl/α,β-unsaturated/α-hetero) is 2. The number of benzene rings is 4. The molecule has 0 aliphatic heterocycles. The van der Waals surface area contributed by atoms with E-state index in [2.05, 4.69) is 24.3 Å². The monoisotopic (exact) mass is 392 g/mol. The Balaban J connectivity index is 1.76. The third kappa shape index (κ3) is 4.08. The van der Waals surface area contributed by atoms with Gasteiger partial charge >= 0.3 is 0 Å². The number of ketones is 2. The van der Waals surface area contributed by atoms with Gasteiger partial charge in [0.05, 0.1) is 0 Å². The van der Waals surface area contributed by atoms with Gasteiger partial charge in [-0.15, -0.1) is 0 Å². The topological polar surface area (TPSA) is 34.1 Å². The molecule has 0 saturated heterocycles. The Labute approximate surface area is 177 Å². The smallest absolute Gasteiger partial charge is 0.166 e. The van der Waals surface area contributed by atoms with Crippen LogP contribution in [-0.4, -0.2) is 11.6 Å². The van der Waals surface area contributed by atoms with Crippen molar-refractivity contribution >= 4 is 22.3 Å². The highest BCUT2D eigenvalue weighted by molar-refractivity contribution is 6.01. The fraction of sp³-hybridized carbons (Fsp3) is 0.143. The SMILES string of the molecule is C[C@@H](C(=O)c1ccccc1)[C@@H](CC(=O)c1ccccc1)c1cccc2ccccc12. The highest BCUT2D eigenvalue weighted by atomic mass is 16.1. The molecule has 0 N–H and O–H groups in total. The van der Waals surface area contributed by atoms with E-state index in [0.29, 0.717) is 11.1 Å². The van der Waals surface area contributed by atoms with Gasteiger partial charge in [0.2, 0.25) is 0 Å². The summed E-state index contributed by atoms with van der Waals surface area (Å²) in [5.74, 6) is -0.418. The van der Waals surface area contributed by atoms with Crippen LogP contribution in [0.15, 0.2) is 103 Å². The first-order valence-corrected chi connectivity index (χ1v) is 10.3. The third-order valence-electron chi connectivity index (χ3n) is 5.80. The average molecular weight is 392 g/mol. The molecule has 0 fully saturated rings. The zero-order chi connectivity index (χ0) is 20.9. The lowest BCUT2D eigenvalue weighted by Gasteiger charge is -2.25. The van der Waals surface area contributed by atoms with Crippen LogP contribution >= 0.6 is 0 Å². The lowest BCUT2D eigenvalue weighted by atomic mass is 9.77. The maximum Gasteiger partial charge on any atom is 0.166 e. The van der Waals surface area contributed by atoms with Gasteiger partial charge in [-0.1, -0.05) is 110 Å². The Morgan fingerprint density at radius 3 is 1.93 bits per heavy atom. The number of hydrogen-bond donors (Lipinski definition) is 0. The van der Waals surface area contributed by atoms with Gasteiger partial charge in [0.1, 0.15) is 0 Å². The zero-order valence-corrected chi connectivity index (χ0v) is 17.0. The molecule has 0 spiro atoms. The number of fused-ring (bicyclic) bond motifs is 1. The summed E-state index contributed by atoms with van der Waals surface area (Å²) in [5, 5.41) is 2.21. The first-order valence-electron chi connectivity index (χ1n) is 10.3. The molecule has 0 aromatic heterocycles. The Hall–Kier alpha value is -3.52. The van der Waals surface area contributed by atoms with Crippen molar-refractivity contribution in [3.05, 3.63) is 120 Å². The molecule has 0 bridgehead atoms. The van der Waals surface area contributed by atoms with Crippen LogP contribution in [-0.2, 0) is 0 Å². The third-order valence-corrected chi connectivity index (χ3v) is 5.80. The van der Waals surface area contributed by atoms with Crippen molar-refractivity contribution in [3.63, 3.8) is 0 Å². The zero-order valence-electron chi connectivity index (χ0n) is 17.0. The molecule has 0 aliphatic carbocycles. The summed E-state index contributed by atoms with van der Waals surface area (Å²) in [4.78, 5) is 26.4. The first-order chi connectivity index (χ1) is 14.6. The maximum absolute atomic E-state index is 13.3. The summed E-state index contributed by atoms with van der Waals surface area (Å²) in [7, 11) is 0. The minimum absolute atomic E-state index is 0.0567.